The van der Waals surface area contributed by atoms with Crippen LogP contribution >= 0.6 is 11.3 Å². The summed E-state index contributed by atoms with van der Waals surface area (Å²) in [7, 11) is 0. The van der Waals surface area contributed by atoms with Crippen molar-refractivity contribution in [2.75, 3.05) is 4.90 Å². The molecule has 1 amide bonds. The van der Waals surface area contributed by atoms with Gasteiger partial charge in [0.2, 0.25) is 5.91 Å². The molecule has 3 heterocycles. The second-order valence-electron chi connectivity index (χ2n) is 5.78. The van der Waals surface area contributed by atoms with Gasteiger partial charge in [-0.1, -0.05) is 29.4 Å². The van der Waals surface area contributed by atoms with Gasteiger partial charge in [-0.05, 0) is 36.4 Å². The number of thiophene rings is 1. The molecule has 2 aromatic heterocycles. The first-order valence-electron chi connectivity index (χ1n) is 7.62. The van der Waals surface area contributed by atoms with Gasteiger partial charge < -0.3 is 9.42 Å². The van der Waals surface area contributed by atoms with E-state index in [0.717, 1.165) is 22.7 Å². The van der Waals surface area contributed by atoms with E-state index < -0.39 is 0 Å². The molecular formula is C18H16N2O2S. The molecule has 1 aromatic carbocycles. The van der Waals surface area contributed by atoms with Gasteiger partial charge in [0.15, 0.2) is 5.76 Å². The van der Waals surface area contributed by atoms with Crippen molar-refractivity contribution < 1.29 is 9.32 Å². The number of rotatable bonds is 3. The van der Waals surface area contributed by atoms with Crippen molar-refractivity contribution in [3.63, 3.8) is 0 Å². The summed E-state index contributed by atoms with van der Waals surface area (Å²) in [5.74, 6) is 0.783. The van der Waals surface area contributed by atoms with Crippen LogP contribution in [0.1, 0.15) is 18.2 Å². The first-order valence-corrected chi connectivity index (χ1v) is 8.50. The molecule has 3 aromatic rings. The Morgan fingerprint density at radius 3 is 3.04 bits per heavy atom. The molecule has 1 atom stereocenters. The minimum Gasteiger partial charge on any atom is -0.355 e. The number of hydrogen-bond acceptors (Lipinski definition) is 4. The lowest BCUT2D eigenvalue weighted by molar-refractivity contribution is -0.118. The van der Waals surface area contributed by atoms with E-state index in [-0.39, 0.29) is 18.4 Å². The Labute approximate surface area is 138 Å². The number of fused-ring (bicyclic) bond motifs is 1. The highest BCUT2D eigenvalue weighted by molar-refractivity contribution is 7.13. The maximum absolute atomic E-state index is 12.7. The third kappa shape index (κ3) is 2.57. The molecule has 0 saturated carbocycles. The molecule has 23 heavy (non-hydrogen) atoms. The summed E-state index contributed by atoms with van der Waals surface area (Å²) in [6.07, 6.45) is 1.16. The van der Waals surface area contributed by atoms with Crippen molar-refractivity contribution in [3.05, 3.63) is 59.1 Å². The summed E-state index contributed by atoms with van der Waals surface area (Å²) in [4.78, 5) is 15.6. The van der Waals surface area contributed by atoms with Crippen LogP contribution in [0.2, 0.25) is 0 Å². The van der Waals surface area contributed by atoms with Crippen LogP contribution in [0.3, 0.4) is 0 Å². The molecule has 116 valence electrons. The molecule has 0 N–H and O–H groups in total. The Hall–Kier alpha value is -2.40. The maximum Gasteiger partial charge on any atom is 0.233 e. The number of amides is 1. The number of aromatic nitrogens is 1. The minimum absolute atomic E-state index is 0.0634. The monoisotopic (exact) mass is 324 g/mol. The predicted molar refractivity (Wildman–Crippen MR) is 90.6 cm³/mol. The van der Waals surface area contributed by atoms with Crippen molar-refractivity contribution >= 4 is 22.9 Å². The van der Waals surface area contributed by atoms with Crippen LogP contribution in [0.4, 0.5) is 5.69 Å². The largest absolute Gasteiger partial charge is 0.355 e. The average molecular weight is 324 g/mol. The molecule has 1 aliphatic heterocycles. The van der Waals surface area contributed by atoms with Crippen molar-refractivity contribution in [1.82, 2.24) is 5.16 Å². The molecule has 4 nitrogen and oxygen atoms in total. The second kappa shape index (κ2) is 5.66. The zero-order chi connectivity index (χ0) is 15.8. The van der Waals surface area contributed by atoms with Gasteiger partial charge in [0.25, 0.3) is 0 Å². The molecule has 1 aliphatic rings. The highest BCUT2D eigenvalue weighted by Gasteiger charge is 2.30. The summed E-state index contributed by atoms with van der Waals surface area (Å²) >= 11 is 1.60. The van der Waals surface area contributed by atoms with Crippen LogP contribution in [-0.4, -0.2) is 17.1 Å². The Bertz CT molecular complexity index is 838. The SMILES string of the molecule is CC1Cc2ccccc2N1C(=O)Cc1cc(-c2cccs2)on1. The third-order valence-electron chi connectivity index (χ3n) is 4.13. The Morgan fingerprint density at radius 1 is 1.35 bits per heavy atom. The van der Waals surface area contributed by atoms with Gasteiger partial charge in [-0.3, -0.25) is 4.79 Å². The van der Waals surface area contributed by atoms with E-state index in [1.165, 1.54) is 5.56 Å². The van der Waals surface area contributed by atoms with Crippen LogP contribution in [0, 0.1) is 0 Å². The molecule has 0 radical (unpaired) electrons. The van der Waals surface area contributed by atoms with Gasteiger partial charge >= 0.3 is 0 Å². The highest BCUT2D eigenvalue weighted by atomic mass is 32.1. The van der Waals surface area contributed by atoms with Crippen molar-refractivity contribution in [3.8, 4) is 10.6 Å². The number of benzene rings is 1. The zero-order valence-corrected chi connectivity index (χ0v) is 13.5. The van der Waals surface area contributed by atoms with Crippen molar-refractivity contribution in [2.24, 2.45) is 0 Å². The smallest absolute Gasteiger partial charge is 0.233 e. The normalized spacial score (nSPS) is 16.6. The molecule has 0 saturated heterocycles. The number of carbonyl (C=O) groups is 1. The highest BCUT2D eigenvalue weighted by Crippen LogP contribution is 2.32. The van der Waals surface area contributed by atoms with E-state index in [0.29, 0.717) is 5.69 Å². The number of nitrogens with zero attached hydrogens (tertiary/aromatic N) is 2. The van der Waals surface area contributed by atoms with Gasteiger partial charge in [0.05, 0.1) is 17.0 Å². The average Bonchev–Trinajstić information content (AvgIpc) is 3.25. The molecule has 0 bridgehead atoms. The lowest BCUT2D eigenvalue weighted by atomic mass is 10.1. The summed E-state index contributed by atoms with van der Waals surface area (Å²) in [5, 5.41) is 6.04. The molecule has 0 fully saturated rings. The van der Waals surface area contributed by atoms with Gasteiger partial charge in [0.1, 0.15) is 0 Å². The minimum atomic E-state index is 0.0634. The Kier molecular flexibility index (Phi) is 3.50. The van der Waals surface area contributed by atoms with Crippen LogP contribution in [0.15, 0.2) is 52.4 Å². The summed E-state index contributed by atoms with van der Waals surface area (Å²) in [6.45, 7) is 2.08. The zero-order valence-electron chi connectivity index (χ0n) is 12.7. The number of anilines is 1. The third-order valence-corrected chi connectivity index (χ3v) is 5.02. The van der Waals surface area contributed by atoms with Gasteiger partial charge in [-0.15, -0.1) is 11.3 Å². The fourth-order valence-electron chi connectivity index (χ4n) is 3.12. The number of hydrogen-bond donors (Lipinski definition) is 0. The van der Waals surface area contributed by atoms with Crippen molar-refractivity contribution in [2.45, 2.75) is 25.8 Å². The lowest BCUT2D eigenvalue weighted by Crippen LogP contribution is -2.36. The number of carbonyl (C=O) groups excluding carboxylic acids is 1. The lowest BCUT2D eigenvalue weighted by Gasteiger charge is -2.22. The predicted octanol–water partition coefficient (Wildman–Crippen LogP) is 3.92. The van der Waals surface area contributed by atoms with E-state index in [1.807, 2.05) is 46.7 Å². The quantitative estimate of drug-likeness (QED) is 0.733. The molecular weight excluding hydrogens is 308 g/mol. The van der Waals surface area contributed by atoms with Gasteiger partial charge in [-0.2, -0.15) is 0 Å². The fraction of sp³-hybridized carbons (Fsp3) is 0.222. The Balaban J connectivity index is 1.55. The van der Waals surface area contributed by atoms with E-state index in [4.69, 9.17) is 4.52 Å². The van der Waals surface area contributed by atoms with Gasteiger partial charge in [0, 0.05) is 17.8 Å². The molecule has 0 spiro atoms. The number of para-hydroxylation sites is 1. The molecule has 4 rings (SSSR count). The molecule has 5 heteroatoms. The van der Waals surface area contributed by atoms with E-state index in [2.05, 4.69) is 18.1 Å². The van der Waals surface area contributed by atoms with Crippen molar-refractivity contribution in [1.29, 1.82) is 0 Å². The topological polar surface area (TPSA) is 46.3 Å². The Morgan fingerprint density at radius 2 is 2.22 bits per heavy atom. The van der Waals surface area contributed by atoms with Crippen LogP contribution in [0.5, 0.6) is 0 Å². The summed E-state index contributed by atoms with van der Waals surface area (Å²) in [6, 6.07) is 14.1. The first-order chi connectivity index (χ1) is 11.2. The van der Waals surface area contributed by atoms with E-state index in [1.54, 1.807) is 11.3 Å². The van der Waals surface area contributed by atoms with Gasteiger partial charge in [-0.25, -0.2) is 0 Å². The standard InChI is InChI=1S/C18H16N2O2S/c1-12-9-13-5-2-3-6-15(13)20(12)18(21)11-14-10-16(22-19-14)17-7-4-8-23-17/h2-8,10,12H,9,11H2,1H3. The van der Waals surface area contributed by atoms with Crippen LogP contribution in [-0.2, 0) is 17.6 Å². The van der Waals surface area contributed by atoms with Crippen LogP contribution < -0.4 is 4.90 Å². The molecule has 0 aliphatic carbocycles. The second-order valence-corrected chi connectivity index (χ2v) is 6.73. The van der Waals surface area contributed by atoms with Crippen LogP contribution in [0.25, 0.3) is 10.6 Å². The first kappa shape index (κ1) is 14.2. The fourth-order valence-corrected chi connectivity index (χ4v) is 3.79. The summed E-state index contributed by atoms with van der Waals surface area (Å²) in [5.41, 5.74) is 2.93. The van der Waals surface area contributed by atoms with E-state index >= 15 is 0 Å². The summed E-state index contributed by atoms with van der Waals surface area (Å²) < 4.78 is 5.36. The maximum atomic E-state index is 12.7. The van der Waals surface area contributed by atoms with E-state index in [9.17, 15) is 4.79 Å². The molecule has 1 unspecified atom stereocenters.